The molecule has 0 saturated carbocycles. The van der Waals surface area contributed by atoms with Gasteiger partial charge in [-0.05, 0) is 43.7 Å². The van der Waals surface area contributed by atoms with Crippen LogP contribution >= 0.6 is 24.0 Å². The second kappa shape index (κ2) is 11.7. The standard InChI is InChI=1S/C23H33N5O2.HI/c1-2-24-23(25-11-6-12-26-13-10-19-7-3-4-8-20(19)26)28-16-14-27(15-17-28)22(29)21-9-5-18-30-21;/h3-4,7-8,10,13,21H,2,5-6,9,11-12,14-18H2,1H3,(H,24,25);1H. The molecule has 3 heterocycles. The van der Waals surface area contributed by atoms with Crippen LogP contribution < -0.4 is 5.32 Å². The van der Waals surface area contributed by atoms with Gasteiger partial charge in [-0.1, -0.05) is 18.2 Å². The molecular weight excluding hydrogens is 505 g/mol. The van der Waals surface area contributed by atoms with Crippen LogP contribution in [0.3, 0.4) is 0 Å². The van der Waals surface area contributed by atoms with E-state index in [2.05, 4.69) is 58.2 Å². The van der Waals surface area contributed by atoms with E-state index in [1.165, 1.54) is 10.9 Å². The molecule has 1 aromatic carbocycles. The zero-order valence-electron chi connectivity index (χ0n) is 18.3. The number of nitrogens with one attached hydrogen (secondary N) is 1. The van der Waals surface area contributed by atoms with Crippen LogP contribution in [0, 0.1) is 0 Å². The van der Waals surface area contributed by atoms with Crippen LogP contribution in [0.4, 0.5) is 0 Å². The average Bonchev–Trinajstić information content (AvgIpc) is 3.46. The minimum Gasteiger partial charge on any atom is -0.368 e. The number of aryl methyl sites for hydroxylation is 1. The third-order valence-corrected chi connectivity index (χ3v) is 5.93. The number of piperazine rings is 1. The SMILES string of the molecule is CCNC(=NCCCn1ccc2ccccc21)N1CCN(C(=O)C2CCCO2)CC1.I. The first kappa shape index (κ1) is 23.8. The molecule has 1 atom stereocenters. The zero-order valence-corrected chi connectivity index (χ0v) is 20.7. The topological polar surface area (TPSA) is 62.1 Å². The molecule has 2 aromatic rings. The van der Waals surface area contributed by atoms with Gasteiger partial charge in [-0.25, -0.2) is 0 Å². The van der Waals surface area contributed by atoms with Crippen LogP contribution in [-0.4, -0.2) is 78.2 Å². The highest BCUT2D eigenvalue weighted by Gasteiger charge is 2.30. The van der Waals surface area contributed by atoms with Gasteiger partial charge in [0, 0.05) is 64.1 Å². The van der Waals surface area contributed by atoms with Crippen molar-refractivity contribution in [3.05, 3.63) is 36.5 Å². The number of fused-ring (bicyclic) bond motifs is 1. The zero-order chi connectivity index (χ0) is 20.8. The van der Waals surface area contributed by atoms with Gasteiger partial charge >= 0.3 is 0 Å². The summed E-state index contributed by atoms with van der Waals surface area (Å²) in [7, 11) is 0. The Hall–Kier alpha value is -1.81. The molecule has 0 aliphatic carbocycles. The van der Waals surface area contributed by atoms with E-state index < -0.39 is 0 Å². The fourth-order valence-electron chi connectivity index (χ4n) is 4.30. The van der Waals surface area contributed by atoms with Gasteiger partial charge in [-0.3, -0.25) is 9.79 Å². The number of hydrogen-bond donors (Lipinski definition) is 1. The van der Waals surface area contributed by atoms with E-state index in [1.54, 1.807) is 0 Å². The number of carbonyl (C=O) groups excluding carboxylic acids is 1. The lowest BCUT2D eigenvalue weighted by molar-refractivity contribution is -0.142. The molecule has 1 amide bonds. The third-order valence-electron chi connectivity index (χ3n) is 5.93. The summed E-state index contributed by atoms with van der Waals surface area (Å²) in [5, 5.41) is 4.70. The molecule has 31 heavy (non-hydrogen) atoms. The quantitative estimate of drug-likeness (QED) is 0.266. The van der Waals surface area contributed by atoms with E-state index in [-0.39, 0.29) is 36.0 Å². The molecule has 7 nitrogen and oxygen atoms in total. The predicted octanol–water partition coefficient (Wildman–Crippen LogP) is 2.94. The fourth-order valence-corrected chi connectivity index (χ4v) is 4.30. The summed E-state index contributed by atoms with van der Waals surface area (Å²) in [4.78, 5) is 21.6. The van der Waals surface area contributed by atoms with E-state index >= 15 is 0 Å². The maximum absolute atomic E-state index is 12.6. The Bertz CT molecular complexity index is 870. The van der Waals surface area contributed by atoms with Crippen LogP contribution in [-0.2, 0) is 16.1 Å². The van der Waals surface area contributed by atoms with Crippen molar-refractivity contribution in [1.82, 2.24) is 19.7 Å². The van der Waals surface area contributed by atoms with Crippen molar-refractivity contribution in [3.63, 3.8) is 0 Å². The van der Waals surface area contributed by atoms with E-state index in [4.69, 9.17) is 9.73 Å². The Kier molecular flexibility index (Phi) is 9.01. The molecule has 2 fully saturated rings. The first-order chi connectivity index (χ1) is 14.8. The molecule has 0 bridgehead atoms. The minimum absolute atomic E-state index is 0. The molecule has 0 radical (unpaired) electrons. The Morgan fingerprint density at radius 3 is 2.68 bits per heavy atom. The van der Waals surface area contributed by atoms with Crippen molar-refractivity contribution in [2.75, 3.05) is 45.9 Å². The first-order valence-corrected chi connectivity index (χ1v) is 11.2. The van der Waals surface area contributed by atoms with E-state index in [9.17, 15) is 4.79 Å². The van der Waals surface area contributed by atoms with Crippen LogP contribution in [0.5, 0.6) is 0 Å². The van der Waals surface area contributed by atoms with Crippen LogP contribution in [0.2, 0.25) is 0 Å². The van der Waals surface area contributed by atoms with Crippen LogP contribution in [0.15, 0.2) is 41.5 Å². The van der Waals surface area contributed by atoms with Gasteiger partial charge in [0.2, 0.25) is 0 Å². The summed E-state index contributed by atoms with van der Waals surface area (Å²) < 4.78 is 7.86. The maximum Gasteiger partial charge on any atom is 0.251 e. The highest BCUT2D eigenvalue weighted by molar-refractivity contribution is 14.0. The number of halogens is 1. The van der Waals surface area contributed by atoms with E-state index in [1.807, 2.05) is 4.90 Å². The minimum atomic E-state index is -0.219. The van der Waals surface area contributed by atoms with Crippen LogP contribution in [0.25, 0.3) is 10.9 Å². The fraction of sp³-hybridized carbons (Fsp3) is 0.565. The summed E-state index contributed by atoms with van der Waals surface area (Å²) in [6, 6.07) is 10.6. The van der Waals surface area contributed by atoms with Gasteiger partial charge < -0.3 is 24.4 Å². The summed E-state index contributed by atoms with van der Waals surface area (Å²) in [5.41, 5.74) is 1.28. The average molecular weight is 539 g/mol. The number of aliphatic imine (C=N–C) groups is 1. The van der Waals surface area contributed by atoms with Gasteiger partial charge in [0.05, 0.1) is 0 Å². The molecule has 1 aromatic heterocycles. The van der Waals surface area contributed by atoms with Crippen molar-refractivity contribution in [3.8, 4) is 0 Å². The van der Waals surface area contributed by atoms with Crippen molar-refractivity contribution in [1.29, 1.82) is 0 Å². The number of aromatic nitrogens is 1. The first-order valence-electron chi connectivity index (χ1n) is 11.2. The summed E-state index contributed by atoms with van der Waals surface area (Å²) in [6.07, 6.45) is 4.78. The molecule has 1 N–H and O–H groups in total. The number of nitrogens with zero attached hydrogens (tertiary/aromatic N) is 4. The van der Waals surface area contributed by atoms with Gasteiger partial charge in [-0.15, -0.1) is 24.0 Å². The van der Waals surface area contributed by atoms with Crippen molar-refractivity contribution in [2.24, 2.45) is 4.99 Å². The number of rotatable bonds is 6. The largest absolute Gasteiger partial charge is 0.368 e. The maximum atomic E-state index is 12.6. The second-order valence-corrected chi connectivity index (χ2v) is 7.97. The molecule has 2 aliphatic rings. The van der Waals surface area contributed by atoms with Crippen LogP contribution in [0.1, 0.15) is 26.2 Å². The number of amides is 1. The Balaban J connectivity index is 0.00000272. The lowest BCUT2D eigenvalue weighted by Crippen LogP contribution is -2.55. The molecular formula is C23H34IN5O2. The predicted molar refractivity (Wildman–Crippen MR) is 135 cm³/mol. The van der Waals surface area contributed by atoms with E-state index in [0.29, 0.717) is 6.61 Å². The van der Waals surface area contributed by atoms with Crippen molar-refractivity contribution in [2.45, 2.75) is 38.8 Å². The molecule has 8 heteroatoms. The lowest BCUT2D eigenvalue weighted by atomic mass is 10.2. The molecule has 1 unspecified atom stereocenters. The Morgan fingerprint density at radius 1 is 1.16 bits per heavy atom. The number of benzene rings is 1. The number of para-hydroxylation sites is 1. The van der Waals surface area contributed by atoms with Gasteiger partial charge in [0.25, 0.3) is 5.91 Å². The molecule has 0 spiro atoms. The summed E-state index contributed by atoms with van der Waals surface area (Å²) in [5.74, 6) is 1.12. The van der Waals surface area contributed by atoms with Gasteiger partial charge in [0.1, 0.15) is 6.10 Å². The van der Waals surface area contributed by atoms with Crippen molar-refractivity contribution >= 4 is 46.7 Å². The number of guanidine groups is 1. The highest BCUT2D eigenvalue weighted by Crippen LogP contribution is 2.17. The number of hydrogen-bond acceptors (Lipinski definition) is 3. The molecule has 2 aliphatic heterocycles. The molecule has 170 valence electrons. The number of ether oxygens (including phenoxy) is 1. The third kappa shape index (κ3) is 5.91. The number of carbonyl (C=O) groups is 1. The normalized spacial score (nSPS) is 19.5. The summed E-state index contributed by atoms with van der Waals surface area (Å²) >= 11 is 0. The lowest BCUT2D eigenvalue weighted by Gasteiger charge is -2.37. The monoisotopic (exact) mass is 539 g/mol. The Morgan fingerprint density at radius 2 is 1.94 bits per heavy atom. The van der Waals surface area contributed by atoms with E-state index in [0.717, 1.165) is 71.0 Å². The highest BCUT2D eigenvalue weighted by atomic mass is 127. The smallest absolute Gasteiger partial charge is 0.251 e. The van der Waals surface area contributed by atoms with Gasteiger partial charge in [0.15, 0.2) is 5.96 Å². The second-order valence-electron chi connectivity index (χ2n) is 7.97. The molecule has 4 rings (SSSR count). The summed E-state index contributed by atoms with van der Waals surface area (Å²) in [6.45, 7) is 8.49. The Labute approximate surface area is 201 Å². The molecule has 2 saturated heterocycles. The van der Waals surface area contributed by atoms with Crippen molar-refractivity contribution < 1.29 is 9.53 Å². The van der Waals surface area contributed by atoms with Gasteiger partial charge in [-0.2, -0.15) is 0 Å².